The van der Waals surface area contributed by atoms with Gasteiger partial charge in [0.05, 0.1) is 23.3 Å². The minimum Gasteiger partial charge on any atom is -0.433 e. The van der Waals surface area contributed by atoms with Crippen molar-refractivity contribution in [2.45, 2.75) is 13.0 Å². The molecule has 0 unspecified atom stereocenters. The van der Waals surface area contributed by atoms with Crippen LogP contribution in [0, 0.1) is 0 Å². The lowest BCUT2D eigenvalue weighted by atomic mass is 10.1. The Hall–Kier alpha value is -4.79. The summed E-state index contributed by atoms with van der Waals surface area (Å²) in [6.07, 6.45) is -1.89. The van der Waals surface area contributed by atoms with Gasteiger partial charge in [0, 0.05) is 5.56 Å². The van der Waals surface area contributed by atoms with E-state index in [1.54, 1.807) is 30.3 Å². The molecule has 0 radical (unpaired) electrons. The number of aromatic nitrogens is 3. The van der Waals surface area contributed by atoms with Crippen LogP contribution in [0.3, 0.4) is 0 Å². The van der Waals surface area contributed by atoms with Crippen molar-refractivity contribution in [3.8, 4) is 28.6 Å². The number of thioether (sulfide) groups is 1. The Balaban J connectivity index is 1.27. The largest absolute Gasteiger partial charge is 0.573 e. The molecule has 1 amide bonds. The molecule has 0 saturated carbocycles. The first-order valence-electron chi connectivity index (χ1n) is 11.7. The van der Waals surface area contributed by atoms with Gasteiger partial charge >= 0.3 is 13.0 Å². The second-order valence-corrected chi connectivity index (χ2v) is 9.11. The van der Waals surface area contributed by atoms with Gasteiger partial charge in [-0.25, -0.2) is 9.67 Å². The van der Waals surface area contributed by atoms with Gasteiger partial charge in [-0.05, 0) is 42.0 Å². The zero-order valence-corrected chi connectivity index (χ0v) is 21.4. The van der Waals surface area contributed by atoms with Crippen LogP contribution in [0.4, 0.5) is 27.6 Å². The van der Waals surface area contributed by atoms with Crippen molar-refractivity contribution in [2.24, 2.45) is 10.2 Å². The first-order chi connectivity index (χ1) is 19.7. The van der Waals surface area contributed by atoms with Gasteiger partial charge in [0.1, 0.15) is 17.8 Å². The molecule has 1 fully saturated rings. The van der Waals surface area contributed by atoms with Crippen LogP contribution in [0.2, 0.25) is 0 Å². The zero-order valence-electron chi connectivity index (χ0n) is 20.6. The molecular formula is C26H17F5N6O3S. The first-order valence-corrected chi connectivity index (χ1v) is 12.6. The van der Waals surface area contributed by atoms with Gasteiger partial charge in [-0.3, -0.25) is 9.69 Å². The molecule has 3 aromatic carbocycles. The Kier molecular flexibility index (Phi) is 7.96. The maximum Gasteiger partial charge on any atom is 0.573 e. The summed E-state index contributed by atoms with van der Waals surface area (Å²) in [5.74, 6) is -0.409. The van der Waals surface area contributed by atoms with Crippen molar-refractivity contribution in [1.29, 1.82) is 0 Å². The van der Waals surface area contributed by atoms with Crippen molar-refractivity contribution in [3.63, 3.8) is 0 Å². The highest BCUT2D eigenvalue weighted by molar-refractivity contribution is 8.15. The summed E-state index contributed by atoms with van der Waals surface area (Å²) in [7, 11) is 0. The van der Waals surface area contributed by atoms with Gasteiger partial charge in [-0.2, -0.15) is 13.9 Å². The Labute approximate surface area is 232 Å². The minimum absolute atomic E-state index is 0.0667. The van der Waals surface area contributed by atoms with Gasteiger partial charge in [0.25, 0.3) is 0 Å². The Morgan fingerprint density at radius 3 is 2.44 bits per heavy atom. The second kappa shape index (κ2) is 11.8. The summed E-state index contributed by atoms with van der Waals surface area (Å²) in [5, 5.41) is 12.7. The molecule has 0 aliphatic carbocycles. The highest BCUT2D eigenvalue weighted by Crippen LogP contribution is 2.35. The fourth-order valence-electron chi connectivity index (χ4n) is 3.69. The normalized spacial score (nSPS) is 14.9. The number of carbonyl (C=O) groups excluding carboxylic acids is 1. The van der Waals surface area contributed by atoms with Crippen molar-refractivity contribution in [1.82, 2.24) is 14.8 Å². The van der Waals surface area contributed by atoms with Crippen molar-refractivity contribution in [3.05, 3.63) is 84.7 Å². The standard InChI is InChI=1S/C26H17F5N6O3S/c27-24(28)39-21-4-2-1-3-20(21)37-22(38)14-41-25(37)34-33-13-16-5-7-17(8-6-16)23-32-15-36(35-23)18-9-11-19(12-10-18)40-26(29,30)31/h1-13,15,24H,14H2. The monoisotopic (exact) mass is 588 g/mol. The van der Waals surface area contributed by atoms with Crippen LogP contribution in [0.1, 0.15) is 5.56 Å². The van der Waals surface area contributed by atoms with E-state index in [4.69, 9.17) is 0 Å². The molecule has 15 heteroatoms. The van der Waals surface area contributed by atoms with Gasteiger partial charge in [-0.1, -0.05) is 48.2 Å². The van der Waals surface area contributed by atoms with Crippen molar-refractivity contribution < 1.29 is 36.2 Å². The lowest BCUT2D eigenvalue weighted by Crippen LogP contribution is -2.29. The van der Waals surface area contributed by atoms with Gasteiger partial charge < -0.3 is 9.47 Å². The Morgan fingerprint density at radius 2 is 1.73 bits per heavy atom. The third kappa shape index (κ3) is 6.87. The van der Waals surface area contributed by atoms with E-state index in [0.29, 0.717) is 22.6 Å². The number of alkyl halides is 5. The molecule has 0 N–H and O–H groups in total. The number of halogens is 5. The maximum atomic E-state index is 12.8. The summed E-state index contributed by atoms with van der Waals surface area (Å²) in [4.78, 5) is 17.9. The van der Waals surface area contributed by atoms with E-state index in [-0.39, 0.29) is 34.0 Å². The van der Waals surface area contributed by atoms with Gasteiger partial charge in [0.15, 0.2) is 11.0 Å². The van der Waals surface area contributed by atoms with Gasteiger partial charge in [-0.15, -0.1) is 23.4 Å². The zero-order chi connectivity index (χ0) is 29.0. The highest BCUT2D eigenvalue weighted by atomic mass is 32.2. The summed E-state index contributed by atoms with van der Waals surface area (Å²) >= 11 is 1.11. The number of carbonyl (C=O) groups is 1. The van der Waals surface area contributed by atoms with E-state index in [2.05, 4.69) is 29.8 Å². The molecule has 0 atom stereocenters. The molecular weight excluding hydrogens is 571 g/mol. The molecule has 1 aromatic heterocycles. The number of benzene rings is 3. The summed E-state index contributed by atoms with van der Waals surface area (Å²) in [6, 6.07) is 18.1. The number of hydrogen-bond donors (Lipinski definition) is 0. The SMILES string of the molecule is O=C1CSC(=NN=Cc2ccc(-c3ncn(-c4ccc(OC(F)(F)F)cc4)n3)cc2)N1c1ccccc1OC(F)F. The quantitative estimate of drug-likeness (QED) is 0.145. The van der Waals surface area contributed by atoms with Crippen LogP contribution in [-0.4, -0.2) is 50.8 Å². The topological polar surface area (TPSA) is 94.2 Å². The second-order valence-electron chi connectivity index (χ2n) is 8.17. The predicted octanol–water partition coefficient (Wildman–Crippen LogP) is 5.90. The number of anilines is 1. The van der Waals surface area contributed by atoms with E-state index < -0.39 is 13.0 Å². The molecule has 9 nitrogen and oxygen atoms in total. The molecule has 210 valence electrons. The van der Waals surface area contributed by atoms with E-state index in [9.17, 15) is 26.7 Å². The first kappa shape index (κ1) is 27.8. The average molecular weight is 589 g/mol. The number of nitrogens with zero attached hydrogens (tertiary/aromatic N) is 6. The Bertz CT molecular complexity index is 1590. The number of amidine groups is 1. The van der Waals surface area contributed by atoms with Crippen molar-refractivity contribution >= 4 is 34.7 Å². The lowest BCUT2D eigenvalue weighted by molar-refractivity contribution is -0.274. The number of para-hydroxylation sites is 2. The maximum absolute atomic E-state index is 12.8. The third-order valence-corrected chi connectivity index (χ3v) is 6.35. The fraction of sp³-hybridized carbons (Fsp3) is 0.115. The third-order valence-electron chi connectivity index (χ3n) is 5.43. The van der Waals surface area contributed by atoms with Gasteiger partial charge in [0.2, 0.25) is 5.91 Å². The molecule has 0 bridgehead atoms. The van der Waals surface area contributed by atoms with Crippen molar-refractivity contribution in [2.75, 3.05) is 10.7 Å². The summed E-state index contributed by atoms with van der Waals surface area (Å²) < 4.78 is 72.5. The summed E-state index contributed by atoms with van der Waals surface area (Å²) in [6.45, 7) is -3.06. The fourth-order valence-corrected chi connectivity index (χ4v) is 4.51. The van der Waals surface area contributed by atoms with E-state index in [0.717, 1.165) is 11.8 Å². The Morgan fingerprint density at radius 1 is 1.00 bits per heavy atom. The molecule has 4 aromatic rings. The van der Waals surface area contributed by atoms with Crippen LogP contribution < -0.4 is 14.4 Å². The number of hydrogen-bond acceptors (Lipinski definition) is 8. The molecule has 1 saturated heterocycles. The number of amides is 1. The highest BCUT2D eigenvalue weighted by Gasteiger charge is 2.32. The molecule has 1 aliphatic rings. The van der Waals surface area contributed by atoms with E-state index in [1.807, 2.05) is 0 Å². The summed E-state index contributed by atoms with van der Waals surface area (Å²) in [5.41, 5.74) is 1.96. The molecule has 2 heterocycles. The molecule has 41 heavy (non-hydrogen) atoms. The van der Waals surface area contributed by atoms with Crippen LogP contribution in [0.5, 0.6) is 11.5 Å². The predicted molar refractivity (Wildman–Crippen MR) is 142 cm³/mol. The smallest absolute Gasteiger partial charge is 0.433 e. The van der Waals surface area contributed by atoms with E-state index in [1.165, 1.54) is 64.6 Å². The van der Waals surface area contributed by atoms with Crippen LogP contribution in [-0.2, 0) is 4.79 Å². The van der Waals surface area contributed by atoms with Crippen LogP contribution in [0.25, 0.3) is 17.1 Å². The number of ether oxygens (including phenoxy) is 2. The lowest BCUT2D eigenvalue weighted by Gasteiger charge is -2.18. The minimum atomic E-state index is -4.78. The average Bonchev–Trinajstić information content (AvgIpc) is 3.56. The molecule has 1 aliphatic heterocycles. The van der Waals surface area contributed by atoms with Crippen LogP contribution in [0.15, 0.2) is 89.3 Å². The van der Waals surface area contributed by atoms with E-state index >= 15 is 0 Å². The number of rotatable bonds is 8. The van der Waals surface area contributed by atoms with Crippen LogP contribution >= 0.6 is 11.8 Å². The molecule has 5 rings (SSSR count). The molecule has 0 spiro atoms.